The molecule has 5 nitrogen and oxygen atoms in total. The molecule has 4 aromatic rings. The highest BCUT2D eigenvalue weighted by Crippen LogP contribution is 2.66. The molecule has 1 unspecified atom stereocenters. The summed E-state index contributed by atoms with van der Waals surface area (Å²) in [5, 5.41) is 0. The zero-order valence-electron chi connectivity index (χ0n) is 20.6. The van der Waals surface area contributed by atoms with Crippen molar-refractivity contribution in [3.8, 4) is 17.2 Å². The molecule has 7 heteroatoms. The van der Waals surface area contributed by atoms with E-state index in [9.17, 15) is 4.57 Å². The summed E-state index contributed by atoms with van der Waals surface area (Å²) in [7, 11) is 1.59. The van der Waals surface area contributed by atoms with Crippen molar-refractivity contribution in [2.24, 2.45) is 0 Å². The Hall–Kier alpha value is -3.44. The van der Waals surface area contributed by atoms with Crippen molar-refractivity contribution in [1.29, 1.82) is 0 Å². The fourth-order valence-corrected chi connectivity index (χ4v) is 7.82. The molecule has 0 aliphatic carbocycles. The van der Waals surface area contributed by atoms with Crippen molar-refractivity contribution in [2.75, 3.05) is 13.7 Å². The van der Waals surface area contributed by atoms with Gasteiger partial charge in [-0.15, -0.1) is 0 Å². The average molecular weight is 531 g/mol. The van der Waals surface area contributed by atoms with Crippen molar-refractivity contribution in [2.45, 2.75) is 12.5 Å². The summed E-state index contributed by atoms with van der Waals surface area (Å²) < 4.78 is 37.9. The monoisotopic (exact) mass is 530 g/mol. The Balaban J connectivity index is 1.62. The van der Waals surface area contributed by atoms with E-state index in [1.807, 2.05) is 91.0 Å². The van der Waals surface area contributed by atoms with Crippen molar-refractivity contribution >= 4 is 23.1 Å². The Labute approximate surface area is 221 Å². The van der Waals surface area contributed by atoms with Crippen LogP contribution in [0.2, 0.25) is 0 Å². The van der Waals surface area contributed by atoms with Crippen LogP contribution in [0, 0.1) is 0 Å². The van der Waals surface area contributed by atoms with Gasteiger partial charge in [0.2, 0.25) is 0 Å². The molecule has 1 atom stereocenters. The molecular formula is C30H27O5PS. The molecule has 1 aliphatic heterocycles. The van der Waals surface area contributed by atoms with E-state index in [1.54, 1.807) is 38.3 Å². The van der Waals surface area contributed by atoms with Crippen molar-refractivity contribution in [3.05, 3.63) is 132 Å². The Kier molecular flexibility index (Phi) is 7.43. The molecule has 0 saturated carbocycles. The number of hydrogen-bond donors (Lipinski definition) is 0. The van der Waals surface area contributed by atoms with Gasteiger partial charge in [-0.2, -0.15) is 0 Å². The van der Waals surface area contributed by atoms with Crippen molar-refractivity contribution in [3.63, 3.8) is 0 Å². The van der Waals surface area contributed by atoms with E-state index in [2.05, 4.69) is 0 Å². The van der Waals surface area contributed by atoms with Crippen molar-refractivity contribution < 1.29 is 23.1 Å². The lowest BCUT2D eigenvalue weighted by molar-refractivity contribution is 0.160. The van der Waals surface area contributed by atoms with Gasteiger partial charge in [0.15, 0.2) is 5.60 Å². The fourth-order valence-electron chi connectivity index (χ4n) is 4.24. The maximum absolute atomic E-state index is 14.1. The second-order valence-electron chi connectivity index (χ2n) is 8.30. The largest absolute Gasteiger partial charge is 0.497 e. The van der Waals surface area contributed by atoms with Gasteiger partial charge in [0.25, 0.3) is 0 Å². The fraction of sp³-hybridized carbons (Fsp3) is 0.133. The van der Waals surface area contributed by atoms with E-state index >= 15 is 0 Å². The third-order valence-corrected chi connectivity index (χ3v) is 9.50. The number of rotatable bonds is 9. The molecule has 1 heterocycles. The van der Waals surface area contributed by atoms with Crippen LogP contribution in [0.1, 0.15) is 23.6 Å². The average Bonchev–Trinajstić information content (AvgIpc) is 2.94. The van der Waals surface area contributed by atoms with Crippen LogP contribution in [0.3, 0.4) is 0 Å². The van der Waals surface area contributed by atoms with Gasteiger partial charge in [0.1, 0.15) is 17.2 Å². The smallest absolute Gasteiger partial charge is 0.444 e. The van der Waals surface area contributed by atoms with Gasteiger partial charge in [0, 0.05) is 33.0 Å². The first kappa shape index (κ1) is 25.2. The van der Waals surface area contributed by atoms with Crippen LogP contribution in [-0.4, -0.2) is 13.7 Å². The molecule has 0 fully saturated rings. The molecule has 0 radical (unpaired) electrons. The van der Waals surface area contributed by atoms with Crippen LogP contribution in [0.25, 0.3) is 4.91 Å². The zero-order chi connectivity index (χ0) is 25.7. The number of benzene rings is 4. The van der Waals surface area contributed by atoms with E-state index in [1.165, 1.54) is 0 Å². The number of hydrogen-bond acceptors (Lipinski definition) is 6. The second kappa shape index (κ2) is 10.9. The lowest BCUT2D eigenvalue weighted by atomic mass is 9.83. The minimum Gasteiger partial charge on any atom is -0.497 e. The molecule has 0 spiro atoms. The number of ether oxygens (including phenoxy) is 2. The highest BCUT2D eigenvalue weighted by atomic mass is 32.7. The van der Waals surface area contributed by atoms with E-state index in [0.29, 0.717) is 17.2 Å². The summed E-state index contributed by atoms with van der Waals surface area (Å²) in [6.07, 6.45) is 2.02. The highest BCUT2D eigenvalue weighted by Gasteiger charge is 2.42. The van der Waals surface area contributed by atoms with Gasteiger partial charge in [-0.25, -0.2) is 4.57 Å². The minimum atomic E-state index is -3.68. The molecule has 0 bridgehead atoms. The molecular weight excluding hydrogens is 503 g/mol. The predicted molar refractivity (Wildman–Crippen MR) is 149 cm³/mol. The summed E-state index contributed by atoms with van der Waals surface area (Å²) in [5.41, 5.74) is 1.80. The standard InChI is InChI=1S/C30H27O5PS/c1-3-33-36(31,35-26-20-18-25(32-2)19-21-26)37-29-22-30(23-12-6-4-7-13-23,24-14-8-5-9-15-24)34-28-17-11-10-16-27(28)29/h4-22H,3H2,1-2H3. The molecule has 1 aliphatic rings. The molecule has 0 amide bonds. The summed E-state index contributed by atoms with van der Waals surface area (Å²) in [5.74, 6) is 1.80. The maximum Gasteiger partial charge on any atom is 0.444 e. The molecule has 0 aromatic heterocycles. The molecule has 4 aromatic carbocycles. The SMILES string of the molecule is CCOP(=O)(Oc1ccc(OC)cc1)SC1=CC(c2ccccc2)(c2ccccc2)Oc2ccccc21. The highest BCUT2D eigenvalue weighted by molar-refractivity contribution is 8.59. The number of fused-ring (bicyclic) bond motifs is 1. The molecule has 0 N–H and O–H groups in total. The Morgan fingerprint density at radius 1 is 0.784 bits per heavy atom. The van der Waals surface area contributed by atoms with Crippen LogP contribution in [-0.2, 0) is 14.7 Å². The Morgan fingerprint density at radius 2 is 1.35 bits per heavy atom. The molecule has 0 saturated heterocycles. The first-order valence-corrected chi connectivity index (χ1v) is 14.9. The summed E-state index contributed by atoms with van der Waals surface area (Å²) >= 11 is 1.09. The first-order valence-electron chi connectivity index (χ1n) is 12.0. The zero-order valence-corrected chi connectivity index (χ0v) is 22.3. The van der Waals surface area contributed by atoms with Gasteiger partial charge in [0.05, 0.1) is 13.7 Å². The van der Waals surface area contributed by atoms with Crippen LogP contribution in [0.5, 0.6) is 17.2 Å². The maximum atomic E-state index is 14.1. The van der Waals surface area contributed by atoms with E-state index in [0.717, 1.165) is 33.0 Å². The van der Waals surface area contributed by atoms with Gasteiger partial charge >= 0.3 is 6.80 Å². The molecule has 5 rings (SSSR count). The second-order valence-corrected chi connectivity index (χ2v) is 12.1. The Bertz CT molecular complexity index is 1380. The Morgan fingerprint density at radius 3 is 1.95 bits per heavy atom. The van der Waals surface area contributed by atoms with Gasteiger partial charge in [-0.1, -0.05) is 78.9 Å². The quantitative estimate of drug-likeness (QED) is 0.203. The van der Waals surface area contributed by atoms with Crippen LogP contribution < -0.4 is 14.0 Å². The van der Waals surface area contributed by atoms with Gasteiger partial charge in [-0.05, 0) is 43.3 Å². The third kappa shape index (κ3) is 5.33. The lowest BCUT2D eigenvalue weighted by Gasteiger charge is -2.38. The van der Waals surface area contributed by atoms with Crippen LogP contribution in [0.4, 0.5) is 0 Å². The van der Waals surface area contributed by atoms with E-state index < -0.39 is 12.4 Å². The topological polar surface area (TPSA) is 54.0 Å². The number of para-hydroxylation sites is 1. The molecule has 188 valence electrons. The molecule has 37 heavy (non-hydrogen) atoms. The van der Waals surface area contributed by atoms with E-state index in [4.69, 9.17) is 18.5 Å². The first-order chi connectivity index (χ1) is 18.0. The van der Waals surface area contributed by atoms with Crippen molar-refractivity contribution in [1.82, 2.24) is 0 Å². The van der Waals surface area contributed by atoms with E-state index in [-0.39, 0.29) is 6.61 Å². The predicted octanol–water partition coefficient (Wildman–Crippen LogP) is 8.33. The summed E-state index contributed by atoms with van der Waals surface area (Å²) in [4.78, 5) is 0.750. The van der Waals surface area contributed by atoms with Gasteiger partial charge in [-0.3, -0.25) is 4.52 Å². The lowest BCUT2D eigenvalue weighted by Crippen LogP contribution is -2.35. The summed E-state index contributed by atoms with van der Waals surface area (Å²) in [6, 6.07) is 34.8. The number of methoxy groups -OCH3 is 1. The van der Waals surface area contributed by atoms with Crippen LogP contribution in [0.15, 0.2) is 115 Å². The van der Waals surface area contributed by atoms with Gasteiger partial charge < -0.3 is 14.0 Å². The summed E-state index contributed by atoms with van der Waals surface area (Å²) in [6.45, 7) is -1.65. The third-order valence-electron chi connectivity index (χ3n) is 5.94. The van der Waals surface area contributed by atoms with Crippen LogP contribution >= 0.6 is 18.2 Å². The minimum absolute atomic E-state index is 0.231. The normalized spacial score (nSPS) is 15.5.